The normalized spacial score (nSPS) is 24.6. The molecule has 7 nitrogen and oxygen atoms in total. The Hall–Kier alpha value is -2.79. The molecule has 0 radical (unpaired) electrons. The van der Waals surface area contributed by atoms with Crippen molar-refractivity contribution in [1.82, 2.24) is 14.9 Å². The van der Waals surface area contributed by atoms with Crippen LogP contribution in [0, 0.1) is 16.7 Å². The fraction of sp³-hybridized carbons (Fsp3) is 0.581. The second-order valence-corrected chi connectivity index (χ2v) is 13.1. The van der Waals surface area contributed by atoms with E-state index in [4.69, 9.17) is 14.7 Å². The molecular weight excluding hydrogens is 476 g/mol. The minimum absolute atomic E-state index is 0.0946. The van der Waals surface area contributed by atoms with Crippen molar-refractivity contribution >= 4 is 11.4 Å². The van der Waals surface area contributed by atoms with Crippen LogP contribution in [0.25, 0.3) is 5.57 Å². The molecule has 2 aliphatic heterocycles. The molecule has 202 valence electrons. The van der Waals surface area contributed by atoms with Crippen LogP contribution in [0.1, 0.15) is 93.8 Å². The Morgan fingerprint density at radius 1 is 1.21 bits per heavy atom. The molecule has 0 unspecified atom stereocenters. The summed E-state index contributed by atoms with van der Waals surface area (Å²) in [5, 5.41) is 9.10. The van der Waals surface area contributed by atoms with E-state index in [0.29, 0.717) is 11.1 Å². The van der Waals surface area contributed by atoms with Crippen LogP contribution in [0.4, 0.5) is 0 Å². The van der Waals surface area contributed by atoms with Gasteiger partial charge in [0.15, 0.2) is 11.6 Å². The second kappa shape index (κ2) is 9.75. The number of carbonyl (C=O) groups excluding carboxylic acids is 1. The highest BCUT2D eigenvalue weighted by Gasteiger charge is 2.47. The number of carbonyl (C=O) groups is 1. The van der Waals surface area contributed by atoms with E-state index in [1.807, 2.05) is 19.9 Å². The number of ether oxygens (including phenoxy) is 2. The highest BCUT2D eigenvalue weighted by atomic mass is 16.8. The van der Waals surface area contributed by atoms with Crippen molar-refractivity contribution < 1.29 is 14.3 Å². The van der Waals surface area contributed by atoms with Crippen LogP contribution < -0.4 is 0 Å². The first-order chi connectivity index (χ1) is 17.8. The van der Waals surface area contributed by atoms with Gasteiger partial charge in [-0.15, -0.1) is 0 Å². The Balaban J connectivity index is 1.39. The van der Waals surface area contributed by atoms with Gasteiger partial charge < -0.3 is 14.5 Å². The third-order valence-electron chi connectivity index (χ3n) is 8.30. The summed E-state index contributed by atoms with van der Waals surface area (Å²) in [6.45, 7) is 15.9. The Kier molecular flexibility index (Phi) is 6.88. The van der Waals surface area contributed by atoms with Gasteiger partial charge in [0, 0.05) is 31.5 Å². The predicted octanol–water partition coefficient (Wildman–Crippen LogP) is 5.41. The highest BCUT2D eigenvalue weighted by Crippen LogP contribution is 2.41. The molecule has 2 saturated heterocycles. The Labute approximate surface area is 226 Å². The minimum atomic E-state index is -0.493. The van der Waals surface area contributed by atoms with Crippen LogP contribution in [0.15, 0.2) is 30.5 Å². The largest absolute Gasteiger partial charge is 0.343 e. The first-order valence-electron chi connectivity index (χ1n) is 13.7. The number of hydrogen-bond donors (Lipinski definition) is 1. The van der Waals surface area contributed by atoms with Gasteiger partial charge in [0.2, 0.25) is 5.78 Å². The fourth-order valence-electron chi connectivity index (χ4n) is 6.13. The van der Waals surface area contributed by atoms with Crippen LogP contribution in [0.3, 0.4) is 0 Å². The third kappa shape index (κ3) is 5.63. The number of aromatic nitrogens is 2. The first-order valence-corrected chi connectivity index (χ1v) is 13.7. The zero-order valence-electron chi connectivity index (χ0n) is 23.6. The minimum Gasteiger partial charge on any atom is -0.343 e. The summed E-state index contributed by atoms with van der Waals surface area (Å²) in [6, 6.07) is 8.61. The number of benzene rings is 1. The molecule has 5 rings (SSSR count). The van der Waals surface area contributed by atoms with Gasteiger partial charge in [-0.3, -0.25) is 9.69 Å². The van der Waals surface area contributed by atoms with Crippen molar-refractivity contribution in [2.75, 3.05) is 19.6 Å². The molecule has 3 aliphatic rings. The van der Waals surface area contributed by atoms with E-state index in [1.165, 1.54) is 17.3 Å². The van der Waals surface area contributed by atoms with E-state index in [9.17, 15) is 4.79 Å². The number of nitrogens with zero attached hydrogens (tertiary/aromatic N) is 3. The summed E-state index contributed by atoms with van der Waals surface area (Å²) in [5.41, 5.74) is 5.26. The number of fused-ring (bicyclic) bond motifs is 1. The SMILES string of the molecule is CC1(C)CC=C(c2cc(C(C)(C)CN3C[C@@H]4OC(C)(C)O[C@@H]4C3)ccc2CC(=O)c2ncc(C#N)[nH]2)CC1. The highest BCUT2D eigenvalue weighted by molar-refractivity contribution is 5.95. The quantitative estimate of drug-likeness (QED) is 0.495. The molecule has 7 heteroatoms. The van der Waals surface area contributed by atoms with Gasteiger partial charge in [-0.25, -0.2) is 4.98 Å². The molecule has 3 heterocycles. The molecule has 38 heavy (non-hydrogen) atoms. The number of H-pyrrole nitrogens is 1. The van der Waals surface area contributed by atoms with Crippen LogP contribution in [-0.2, 0) is 21.3 Å². The summed E-state index contributed by atoms with van der Waals surface area (Å²) in [6.07, 6.45) is 7.42. The van der Waals surface area contributed by atoms with Crippen molar-refractivity contribution in [1.29, 1.82) is 5.26 Å². The Morgan fingerprint density at radius 2 is 1.92 bits per heavy atom. The molecule has 2 aromatic rings. The van der Waals surface area contributed by atoms with Crippen molar-refractivity contribution in [2.45, 2.75) is 90.6 Å². The Morgan fingerprint density at radius 3 is 2.53 bits per heavy atom. The third-order valence-corrected chi connectivity index (χ3v) is 8.30. The van der Waals surface area contributed by atoms with Crippen LogP contribution in [-0.4, -0.2) is 58.3 Å². The summed E-state index contributed by atoms with van der Waals surface area (Å²) in [4.78, 5) is 22.5. The molecule has 1 aromatic heterocycles. The average Bonchev–Trinajstić information content (AvgIpc) is 3.52. The van der Waals surface area contributed by atoms with E-state index >= 15 is 0 Å². The molecule has 0 saturated carbocycles. The van der Waals surface area contributed by atoms with E-state index in [0.717, 1.165) is 50.0 Å². The number of imidazole rings is 1. The maximum Gasteiger partial charge on any atom is 0.202 e. The van der Waals surface area contributed by atoms with Crippen LogP contribution in [0.2, 0.25) is 0 Å². The number of hydrogen-bond acceptors (Lipinski definition) is 6. The number of aromatic amines is 1. The first kappa shape index (κ1) is 26.8. The monoisotopic (exact) mass is 516 g/mol. The van der Waals surface area contributed by atoms with Crippen LogP contribution >= 0.6 is 0 Å². The number of Topliss-reactive ketones (excluding diaryl/α,β-unsaturated/α-hetero) is 1. The zero-order chi connectivity index (χ0) is 27.3. The maximum absolute atomic E-state index is 13.1. The molecule has 1 N–H and O–H groups in total. The molecule has 0 bridgehead atoms. The van der Waals surface area contributed by atoms with Gasteiger partial charge in [-0.1, -0.05) is 52.0 Å². The number of rotatable bonds is 7. The second-order valence-electron chi connectivity index (χ2n) is 13.1. The molecule has 1 aliphatic carbocycles. The van der Waals surface area contributed by atoms with Crippen molar-refractivity contribution in [3.05, 3.63) is 58.7 Å². The summed E-state index contributed by atoms with van der Waals surface area (Å²) in [5.74, 6) is -0.362. The summed E-state index contributed by atoms with van der Waals surface area (Å²) < 4.78 is 12.2. The molecular formula is C31H40N4O3. The topological polar surface area (TPSA) is 91.2 Å². The number of nitrogens with one attached hydrogen (secondary N) is 1. The van der Waals surface area contributed by atoms with Gasteiger partial charge in [0.25, 0.3) is 0 Å². The molecule has 0 amide bonds. The smallest absolute Gasteiger partial charge is 0.202 e. The fourth-order valence-corrected chi connectivity index (χ4v) is 6.13. The molecule has 1 aromatic carbocycles. The van der Waals surface area contributed by atoms with E-state index < -0.39 is 5.79 Å². The van der Waals surface area contributed by atoms with Gasteiger partial charge in [-0.05, 0) is 60.8 Å². The Bertz CT molecular complexity index is 1280. The number of nitriles is 1. The van der Waals surface area contributed by atoms with Gasteiger partial charge in [-0.2, -0.15) is 5.26 Å². The van der Waals surface area contributed by atoms with E-state index in [-0.39, 0.29) is 35.7 Å². The van der Waals surface area contributed by atoms with E-state index in [2.05, 4.69) is 66.8 Å². The van der Waals surface area contributed by atoms with Gasteiger partial charge >= 0.3 is 0 Å². The number of allylic oxidation sites excluding steroid dienone is 2. The van der Waals surface area contributed by atoms with Crippen molar-refractivity contribution in [3.8, 4) is 6.07 Å². The lowest BCUT2D eigenvalue weighted by molar-refractivity contribution is -0.155. The lowest BCUT2D eigenvalue weighted by Crippen LogP contribution is -2.38. The molecule has 2 fully saturated rings. The average molecular weight is 517 g/mol. The summed E-state index contributed by atoms with van der Waals surface area (Å²) >= 11 is 0. The maximum atomic E-state index is 13.1. The standard InChI is InChI=1S/C31H40N4O3/c1-29(2)11-9-20(10-12-29)24-14-22(8-7-21(24)13-25(36)28-33-16-23(15-32)34-28)30(3,4)19-35-17-26-27(18-35)38-31(5,6)37-26/h7-9,14,16,26-27H,10-13,17-19H2,1-6H3,(H,33,34)/t26-,27+. The predicted molar refractivity (Wildman–Crippen MR) is 147 cm³/mol. The lowest BCUT2D eigenvalue weighted by Gasteiger charge is -2.33. The number of likely N-dealkylation sites (tertiary alicyclic amines) is 1. The van der Waals surface area contributed by atoms with Crippen molar-refractivity contribution in [2.24, 2.45) is 5.41 Å². The van der Waals surface area contributed by atoms with Crippen LogP contribution in [0.5, 0.6) is 0 Å². The zero-order valence-corrected chi connectivity index (χ0v) is 23.6. The summed E-state index contributed by atoms with van der Waals surface area (Å²) in [7, 11) is 0. The number of ketones is 1. The van der Waals surface area contributed by atoms with Crippen molar-refractivity contribution in [3.63, 3.8) is 0 Å². The van der Waals surface area contributed by atoms with E-state index in [1.54, 1.807) is 0 Å². The van der Waals surface area contributed by atoms with Gasteiger partial charge in [0.05, 0.1) is 6.20 Å². The van der Waals surface area contributed by atoms with Gasteiger partial charge in [0.1, 0.15) is 24.0 Å². The lowest BCUT2D eigenvalue weighted by atomic mass is 9.75. The molecule has 0 spiro atoms. The molecule has 2 atom stereocenters.